The molecule has 0 aliphatic heterocycles. The molecule has 1 amide bonds. The Morgan fingerprint density at radius 1 is 1.33 bits per heavy atom. The number of carbonyl (C=O) groups is 1. The summed E-state index contributed by atoms with van der Waals surface area (Å²) in [6, 6.07) is 7.63. The molecule has 1 aromatic carbocycles. The van der Waals surface area contributed by atoms with E-state index >= 15 is 0 Å². The molecule has 6 nitrogen and oxygen atoms in total. The van der Waals surface area contributed by atoms with Crippen molar-refractivity contribution < 1.29 is 4.79 Å². The molecule has 0 spiro atoms. The third-order valence-electron chi connectivity index (χ3n) is 2.82. The molecule has 21 heavy (non-hydrogen) atoms. The lowest BCUT2D eigenvalue weighted by molar-refractivity contribution is 0.0949. The van der Waals surface area contributed by atoms with Gasteiger partial charge in [0.15, 0.2) is 0 Å². The third-order valence-corrected chi connectivity index (χ3v) is 3.23. The van der Waals surface area contributed by atoms with Crippen LogP contribution in [0.2, 0.25) is 5.02 Å². The fourth-order valence-corrected chi connectivity index (χ4v) is 2.11. The van der Waals surface area contributed by atoms with Gasteiger partial charge in [0.25, 0.3) is 5.91 Å². The van der Waals surface area contributed by atoms with Crippen molar-refractivity contribution in [3.05, 3.63) is 59.3 Å². The van der Waals surface area contributed by atoms with E-state index in [0.29, 0.717) is 10.7 Å². The molecule has 2 N–H and O–H groups in total. The van der Waals surface area contributed by atoms with Gasteiger partial charge in [0.2, 0.25) is 0 Å². The van der Waals surface area contributed by atoms with Gasteiger partial charge in [0, 0.05) is 23.3 Å². The summed E-state index contributed by atoms with van der Waals surface area (Å²) in [5.74, 6) is -0.438. The Morgan fingerprint density at radius 3 is 2.95 bits per heavy atom. The van der Waals surface area contributed by atoms with Crippen molar-refractivity contribution in [3.63, 3.8) is 0 Å². The molecule has 3 rings (SSSR count). The maximum Gasteiger partial charge on any atom is 0.291 e. The number of amides is 1. The molecule has 0 aliphatic rings. The Bertz CT molecular complexity index is 813. The minimum Gasteiger partial charge on any atom is -0.352 e. The van der Waals surface area contributed by atoms with Crippen molar-refractivity contribution in [1.29, 1.82) is 0 Å². The molecular weight excluding hydrogens is 290 g/mol. The van der Waals surface area contributed by atoms with E-state index in [4.69, 9.17) is 11.6 Å². The Morgan fingerprint density at radius 2 is 2.19 bits per heavy atom. The molecular formula is C14H10ClN5O. The van der Waals surface area contributed by atoms with Crippen molar-refractivity contribution >= 4 is 34.6 Å². The molecule has 0 fully saturated rings. The van der Waals surface area contributed by atoms with Crippen LogP contribution in [0.3, 0.4) is 0 Å². The van der Waals surface area contributed by atoms with Crippen molar-refractivity contribution in [2.45, 2.75) is 0 Å². The summed E-state index contributed by atoms with van der Waals surface area (Å²) >= 11 is 6.23. The van der Waals surface area contributed by atoms with Crippen LogP contribution >= 0.6 is 11.6 Å². The van der Waals surface area contributed by atoms with Gasteiger partial charge in [-0.25, -0.2) is 10.4 Å². The van der Waals surface area contributed by atoms with Gasteiger partial charge in [-0.3, -0.25) is 9.78 Å². The number of aromatic amines is 1. The Hall–Kier alpha value is -2.73. The predicted molar refractivity (Wildman–Crippen MR) is 80.4 cm³/mol. The first kappa shape index (κ1) is 13.3. The van der Waals surface area contributed by atoms with Crippen molar-refractivity contribution in [3.8, 4) is 0 Å². The zero-order valence-electron chi connectivity index (χ0n) is 10.7. The Kier molecular flexibility index (Phi) is 3.61. The van der Waals surface area contributed by atoms with E-state index in [1.54, 1.807) is 0 Å². The predicted octanol–water partition coefficient (Wildman–Crippen LogP) is 2.38. The molecule has 0 atom stereocenters. The van der Waals surface area contributed by atoms with E-state index in [0.717, 1.165) is 10.9 Å². The molecule has 0 saturated heterocycles. The van der Waals surface area contributed by atoms with Gasteiger partial charge in [0.05, 0.1) is 23.1 Å². The van der Waals surface area contributed by atoms with Crippen LogP contribution < -0.4 is 5.43 Å². The van der Waals surface area contributed by atoms with E-state index in [1.807, 2.05) is 24.3 Å². The van der Waals surface area contributed by atoms with E-state index in [9.17, 15) is 4.79 Å². The zero-order valence-corrected chi connectivity index (χ0v) is 11.5. The van der Waals surface area contributed by atoms with Gasteiger partial charge in [-0.05, 0) is 6.07 Å². The second kappa shape index (κ2) is 5.72. The average Bonchev–Trinajstić information content (AvgIpc) is 2.85. The number of hydrogen-bond donors (Lipinski definition) is 2. The van der Waals surface area contributed by atoms with Crippen molar-refractivity contribution in [2.24, 2.45) is 5.10 Å². The first-order valence-electron chi connectivity index (χ1n) is 6.11. The van der Waals surface area contributed by atoms with Gasteiger partial charge in [0.1, 0.15) is 5.69 Å². The maximum atomic E-state index is 11.7. The van der Waals surface area contributed by atoms with Crippen molar-refractivity contribution in [1.82, 2.24) is 20.4 Å². The molecule has 0 radical (unpaired) electrons. The maximum absolute atomic E-state index is 11.7. The van der Waals surface area contributed by atoms with Gasteiger partial charge in [-0.2, -0.15) is 5.10 Å². The van der Waals surface area contributed by atoms with Crippen LogP contribution in [0.1, 0.15) is 16.2 Å². The van der Waals surface area contributed by atoms with Gasteiger partial charge >= 0.3 is 0 Å². The number of fused-ring (bicyclic) bond motifs is 1. The molecule has 104 valence electrons. The minimum atomic E-state index is -0.438. The lowest BCUT2D eigenvalue weighted by atomic mass is 10.2. The van der Waals surface area contributed by atoms with Crippen LogP contribution in [0, 0.1) is 0 Å². The highest BCUT2D eigenvalue weighted by Gasteiger charge is 2.08. The fourth-order valence-electron chi connectivity index (χ4n) is 1.85. The Labute approximate surface area is 124 Å². The van der Waals surface area contributed by atoms with Crippen LogP contribution in [-0.2, 0) is 0 Å². The number of hydrogen-bond acceptors (Lipinski definition) is 4. The fraction of sp³-hybridized carbons (Fsp3) is 0. The molecule has 0 aliphatic carbocycles. The van der Waals surface area contributed by atoms with Gasteiger partial charge < -0.3 is 4.98 Å². The molecule has 2 heterocycles. The lowest BCUT2D eigenvalue weighted by Crippen LogP contribution is -2.19. The molecule has 3 aromatic rings. The van der Waals surface area contributed by atoms with Gasteiger partial charge in [-0.15, -0.1) is 0 Å². The highest BCUT2D eigenvalue weighted by molar-refractivity contribution is 6.38. The molecule has 7 heteroatoms. The quantitative estimate of drug-likeness (QED) is 0.575. The summed E-state index contributed by atoms with van der Waals surface area (Å²) in [4.78, 5) is 22.5. The minimum absolute atomic E-state index is 0.192. The van der Waals surface area contributed by atoms with Crippen molar-refractivity contribution in [2.75, 3.05) is 0 Å². The number of halogens is 1. The summed E-state index contributed by atoms with van der Waals surface area (Å²) in [6.07, 6.45) is 5.74. The second-order valence-electron chi connectivity index (χ2n) is 4.19. The summed E-state index contributed by atoms with van der Waals surface area (Å²) in [5.41, 5.74) is 4.09. The SMILES string of the molecule is O=C(N/N=C\c1[nH]c2ccccc2c1Cl)c1cnccn1. The van der Waals surface area contributed by atoms with Crippen LogP contribution in [-0.4, -0.2) is 27.1 Å². The molecule has 2 aromatic heterocycles. The van der Waals surface area contributed by atoms with Crippen LogP contribution in [0.5, 0.6) is 0 Å². The Balaban J connectivity index is 1.76. The van der Waals surface area contributed by atoms with Crippen LogP contribution in [0.25, 0.3) is 10.9 Å². The number of para-hydroxylation sites is 1. The number of carbonyl (C=O) groups excluding carboxylic acids is 1. The highest BCUT2D eigenvalue weighted by Crippen LogP contribution is 2.25. The number of benzene rings is 1. The average molecular weight is 300 g/mol. The molecule has 0 bridgehead atoms. The third kappa shape index (κ3) is 2.75. The normalized spacial score (nSPS) is 11.1. The summed E-state index contributed by atoms with van der Waals surface area (Å²) in [5, 5.41) is 5.33. The first-order valence-corrected chi connectivity index (χ1v) is 6.49. The summed E-state index contributed by atoms with van der Waals surface area (Å²) in [6.45, 7) is 0. The van der Waals surface area contributed by atoms with E-state index in [2.05, 4.69) is 25.5 Å². The first-order chi connectivity index (χ1) is 10.3. The lowest BCUT2D eigenvalue weighted by Gasteiger charge is -1.96. The smallest absolute Gasteiger partial charge is 0.291 e. The largest absolute Gasteiger partial charge is 0.352 e. The number of nitrogens with zero attached hydrogens (tertiary/aromatic N) is 3. The number of nitrogens with one attached hydrogen (secondary N) is 2. The topological polar surface area (TPSA) is 83.0 Å². The number of H-pyrrole nitrogens is 1. The zero-order chi connectivity index (χ0) is 14.7. The van der Waals surface area contributed by atoms with E-state index in [-0.39, 0.29) is 5.69 Å². The van der Waals surface area contributed by atoms with E-state index < -0.39 is 5.91 Å². The number of rotatable bonds is 3. The standard InChI is InChI=1S/C14H10ClN5O/c15-13-9-3-1-2-4-10(9)19-11(13)8-18-20-14(21)12-7-16-5-6-17-12/h1-8,19H,(H,20,21)/b18-8-. The van der Waals surface area contributed by atoms with Crippen LogP contribution in [0.4, 0.5) is 0 Å². The summed E-state index contributed by atoms with van der Waals surface area (Å²) in [7, 11) is 0. The molecule has 0 unspecified atom stereocenters. The monoisotopic (exact) mass is 299 g/mol. The van der Waals surface area contributed by atoms with Crippen LogP contribution in [0.15, 0.2) is 48.0 Å². The molecule has 0 saturated carbocycles. The van der Waals surface area contributed by atoms with Gasteiger partial charge in [-0.1, -0.05) is 29.8 Å². The van der Waals surface area contributed by atoms with E-state index in [1.165, 1.54) is 24.8 Å². The summed E-state index contributed by atoms with van der Waals surface area (Å²) < 4.78 is 0. The number of aromatic nitrogens is 3. The number of hydrazone groups is 1. The second-order valence-corrected chi connectivity index (χ2v) is 4.57. The highest BCUT2D eigenvalue weighted by atomic mass is 35.5.